The van der Waals surface area contributed by atoms with Crippen molar-refractivity contribution in [3.63, 3.8) is 0 Å². The highest BCUT2D eigenvalue weighted by atomic mass is 16.5. The predicted molar refractivity (Wildman–Crippen MR) is 71.1 cm³/mol. The molecule has 0 spiro atoms. The Morgan fingerprint density at radius 2 is 2.06 bits per heavy atom. The van der Waals surface area contributed by atoms with Gasteiger partial charge in [-0.05, 0) is 38.0 Å². The zero-order valence-corrected chi connectivity index (χ0v) is 11.5. The molecule has 5 atom stereocenters. The highest BCUT2D eigenvalue weighted by Gasteiger charge is 2.35. The topological polar surface area (TPSA) is 64.3 Å². The van der Waals surface area contributed by atoms with E-state index in [2.05, 4.69) is 12.2 Å². The van der Waals surface area contributed by atoms with Crippen LogP contribution in [0.1, 0.15) is 45.4 Å². The minimum Gasteiger partial charge on any atom is -0.381 e. The third-order valence-corrected chi connectivity index (χ3v) is 4.64. The lowest BCUT2D eigenvalue weighted by Gasteiger charge is -2.33. The van der Waals surface area contributed by atoms with Gasteiger partial charge in [-0.15, -0.1) is 0 Å². The van der Waals surface area contributed by atoms with Gasteiger partial charge in [-0.25, -0.2) is 0 Å². The maximum absolute atomic E-state index is 12.3. The Balaban J connectivity index is 1.87. The summed E-state index contributed by atoms with van der Waals surface area (Å²) in [7, 11) is 1.74. The monoisotopic (exact) mass is 254 g/mol. The van der Waals surface area contributed by atoms with Crippen molar-refractivity contribution in [1.29, 1.82) is 0 Å². The Bertz CT molecular complexity index is 286. The highest BCUT2D eigenvalue weighted by molar-refractivity contribution is 5.80. The van der Waals surface area contributed by atoms with E-state index in [9.17, 15) is 4.79 Å². The van der Waals surface area contributed by atoms with Crippen molar-refractivity contribution in [3.8, 4) is 0 Å². The number of rotatable bonds is 3. The molecule has 2 saturated carbocycles. The van der Waals surface area contributed by atoms with Crippen LogP contribution in [0.15, 0.2) is 0 Å². The first-order valence-electron chi connectivity index (χ1n) is 7.20. The van der Waals surface area contributed by atoms with Gasteiger partial charge in [0.2, 0.25) is 5.91 Å². The molecule has 3 N–H and O–H groups in total. The van der Waals surface area contributed by atoms with Crippen LogP contribution < -0.4 is 11.1 Å². The Morgan fingerprint density at radius 3 is 2.67 bits per heavy atom. The van der Waals surface area contributed by atoms with Crippen molar-refractivity contribution in [2.45, 2.75) is 63.6 Å². The molecule has 0 radical (unpaired) electrons. The van der Waals surface area contributed by atoms with Gasteiger partial charge in [0, 0.05) is 19.2 Å². The lowest BCUT2D eigenvalue weighted by Crippen LogP contribution is -2.49. The van der Waals surface area contributed by atoms with Gasteiger partial charge in [0.05, 0.1) is 12.0 Å². The molecule has 0 aromatic rings. The van der Waals surface area contributed by atoms with Crippen molar-refractivity contribution in [3.05, 3.63) is 0 Å². The number of nitrogens with two attached hydrogens (primary N) is 1. The Labute approximate surface area is 110 Å². The summed E-state index contributed by atoms with van der Waals surface area (Å²) in [5, 5.41) is 3.17. The molecule has 1 amide bonds. The summed E-state index contributed by atoms with van der Waals surface area (Å²) in [6.45, 7) is 2.15. The van der Waals surface area contributed by atoms with Gasteiger partial charge in [-0.3, -0.25) is 4.79 Å². The lowest BCUT2D eigenvalue weighted by atomic mass is 9.76. The van der Waals surface area contributed by atoms with E-state index in [1.807, 2.05) is 0 Å². The van der Waals surface area contributed by atoms with Crippen molar-refractivity contribution < 1.29 is 9.53 Å². The van der Waals surface area contributed by atoms with E-state index < -0.39 is 0 Å². The van der Waals surface area contributed by atoms with Crippen LogP contribution in [0, 0.1) is 11.8 Å². The van der Waals surface area contributed by atoms with E-state index >= 15 is 0 Å². The molecule has 2 rings (SSSR count). The summed E-state index contributed by atoms with van der Waals surface area (Å²) in [6.07, 6.45) is 6.59. The van der Waals surface area contributed by atoms with Crippen LogP contribution in [-0.2, 0) is 9.53 Å². The average molecular weight is 254 g/mol. The molecule has 18 heavy (non-hydrogen) atoms. The predicted octanol–water partition coefficient (Wildman–Crippen LogP) is 1.43. The molecule has 0 aromatic heterocycles. The first kappa shape index (κ1) is 13.8. The van der Waals surface area contributed by atoms with E-state index in [1.165, 1.54) is 0 Å². The average Bonchev–Trinajstić information content (AvgIpc) is 2.76. The number of carbonyl (C=O) groups is 1. The Morgan fingerprint density at radius 1 is 1.28 bits per heavy atom. The molecule has 4 heteroatoms. The van der Waals surface area contributed by atoms with E-state index in [4.69, 9.17) is 10.5 Å². The number of nitrogens with one attached hydrogen (secondary N) is 1. The summed E-state index contributed by atoms with van der Waals surface area (Å²) in [5.74, 6) is 0.574. The van der Waals surface area contributed by atoms with E-state index in [-0.39, 0.29) is 23.9 Å². The SMILES string of the molecule is COC1CCC(NC(=O)C2C(C)CCCC2N)C1. The van der Waals surface area contributed by atoms with Crippen LogP contribution in [0.5, 0.6) is 0 Å². The smallest absolute Gasteiger partial charge is 0.225 e. The highest BCUT2D eigenvalue weighted by Crippen LogP contribution is 2.30. The maximum Gasteiger partial charge on any atom is 0.225 e. The fraction of sp³-hybridized carbons (Fsp3) is 0.929. The normalized spacial score (nSPS) is 40.7. The molecule has 0 aromatic carbocycles. The van der Waals surface area contributed by atoms with Gasteiger partial charge in [0.25, 0.3) is 0 Å². The summed E-state index contributed by atoms with van der Waals surface area (Å²) >= 11 is 0. The molecule has 104 valence electrons. The Hall–Kier alpha value is -0.610. The third kappa shape index (κ3) is 3.04. The van der Waals surface area contributed by atoms with E-state index in [0.717, 1.165) is 38.5 Å². The molecule has 2 aliphatic rings. The van der Waals surface area contributed by atoms with Crippen molar-refractivity contribution >= 4 is 5.91 Å². The van der Waals surface area contributed by atoms with Gasteiger partial charge < -0.3 is 15.8 Å². The molecule has 2 fully saturated rings. The molecule has 0 heterocycles. The molecule has 2 aliphatic carbocycles. The fourth-order valence-corrected chi connectivity index (χ4v) is 3.49. The Kier molecular flexibility index (Phi) is 4.62. The number of hydrogen-bond donors (Lipinski definition) is 2. The van der Waals surface area contributed by atoms with Crippen LogP contribution in [-0.4, -0.2) is 31.2 Å². The van der Waals surface area contributed by atoms with E-state index in [1.54, 1.807) is 7.11 Å². The number of hydrogen-bond acceptors (Lipinski definition) is 3. The largest absolute Gasteiger partial charge is 0.381 e. The summed E-state index contributed by atoms with van der Waals surface area (Å²) in [5.41, 5.74) is 6.11. The minimum absolute atomic E-state index is 0.000319. The minimum atomic E-state index is 0.000319. The summed E-state index contributed by atoms with van der Waals surface area (Å²) in [4.78, 5) is 12.3. The zero-order chi connectivity index (χ0) is 13.1. The summed E-state index contributed by atoms with van der Waals surface area (Å²) in [6, 6.07) is 0.317. The second-order valence-corrected chi connectivity index (χ2v) is 5.97. The quantitative estimate of drug-likeness (QED) is 0.801. The molecule has 0 aliphatic heterocycles. The first-order valence-corrected chi connectivity index (χ1v) is 7.20. The molecule has 5 unspecified atom stereocenters. The van der Waals surface area contributed by atoms with Crippen LogP contribution in [0.3, 0.4) is 0 Å². The lowest BCUT2D eigenvalue weighted by molar-refractivity contribution is -0.128. The van der Waals surface area contributed by atoms with Crippen LogP contribution in [0.2, 0.25) is 0 Å². The van der Waals surface area contributed by atoms with Crippen molar-refractivity contribution in [1.82, 2.24) is 5.32 Å². The molecule has 4 nitrogen and oxygen atoms in total. The van der Waals surface area contributed by atoms with Crippen LogP contribution >= 0.6 is 0 Å². The standard InChI is InChI=1S/C14H26N2O2/c1-9-4-3-5-12(15)13(9)14(17)16-10-6-7-11(8-10)18-2/h9-13H,3-8,15H2,1-2H3,(H,16,17). The number of carbonyl (C=O) groups excluding carboxylic acids is 1. The van der Waals surface area contributed by atoms with Gasteiger partial charge >= 0.3 is 0 Å². The molecular formula is C14H26N2O2. The fourth-order valence-electron chi connectivity index (χ4n) is 3.49. The number of methoxy groups -OCH3 is 1. The van der Waals surface area contributed by atoms with Gasteiger partial charge in [-0.2, -0.15) is 0 Å². The van der Waals surface area contributed by atoms with Gasteiger partial charge in [0.1, 0.15) is 0 Å². The molecular weight excluding hydrogens is 228 g/mol. The third-order valence-electron chi connectivity index (χ3n) is 4.64. The molecule has 0 bridgehead atoms. The van der Waals surface area contributed by atoms with Crippen molar-refractivity contribution in [2.24, 2.45) is 17.6 Å². The zero-order valence-electron chi connectivity index (χ0n) is 11.5. The maximum atomic E-state index is 12.3. The van der Waals surface area contributed by atoms with E-state index in [0.29, 0.717) is 12.0 Å². The first-order chi connectivity index (χ1) is 8.61. The number of amides is 1. The van der Waals surface area contributed by atoms with Gasteiger partial charge in [0.15, 0.2) is 0 Å². The van der Waals surface area contributed by atoms with Crippen LogP contribution in [0.4, 0.5) is 0 Å². The number of ether oxygens (including phenoxy) is 1. The summed E-state index contributed by atoms with van der Waals surface area (Å²) < 4.78 is 5.33. The molecule has 0 saturated heterocycles. The second-order valence-electron chi connectivity index (χ2n) is 5.97. The van der Waals surface area contributed by atoms with Crippen LogP contribution in [0.25, 0.3) is 0 Å². The van der Waals surface area contributed by atoms with Gasteiger partial charge in [-0.1, -0.05) is 13.3 Å². The second kappa shape index (κ2) is 6.02. The van der Waals surface area contributed by atoms with Crippen molar-refractivity contribution in [2.75, 3.05) is 7.11 Å².